The van der Waals surface area contributed by atoms with E-state index < -0.39 is 0 Å². The third-order valence-corrected chi connectivity index (χ3v) is 8.10. The van der Waals surface area contributed by atoms with Gasteiger partial charge in [-0.15, -0.1) is 11.3 Å². The molecule has 168 valence electrons. The van der Waals surface area contributed by atoms with Crippen molar-refractivity contribution in [3.63, 3.8) is 0 Å². The summed E-state index contributed by atoms with van der Waals surface area (Å²) in [6.07, 6.45) is 0. The van der Waals surface area contributed by atoms with Gasteiger partial charge >= 0.3 is 0 Å². The third kappa shape index (κ3) is 4.62. The molecule has 0 aliphatic carbocycles. The van der Waals surface area contributed by atoms with E-state index in [1.165, 1.54) is 22.7 Å². The molecular weight excluding hydrogens is 462 g/mol. The van der Waals surface area contributed by atoms with Gasteiger partial charge in [-0.25, -0.2) is 4.98 Å². The standard InChI is InChI=1S/C24H26ClN3O2S2/c1-4-27(5-2)13-14-28(23(29)22-21(25)17-9-7-8-10-19(17)31-22)24-26-18-12-11-16(30-6-3)15-20(18)32-24/h7-12,15H,4-6,13-14H2,1-3H3. The van der Waals surface area contributed by atoms with Gasteiger partial charge in [0.2, 0.25) is 0 Å². The van der Waals surface area contributed by atoms with Crippen LogP contribution in [0.25, 0.3) is 20.3 Å². The van der Waals surface area contributed by atoms with E-state index in [0.717, 1.165) is 45.7 Å². The zero-order chi connectivity index (χ0) is 22.7. The molecule has 32 heavy (non-hydrogen) atoms. The summed E-state index contributed by atoms with van der Waals surface area (Å²) in [6, 6.07) is 13.7. The van der Waals surface area contributed by atoms with Gasteiger partial charge in [-0.1, -0.05) is 55.0 Å². The van der Waals surface area contributed by atoms with E-state index in [9.17, 15) is 4.79 Å². The number of thiophene rings is 1. The van der Waals surface area contributed by atoms with E-state index in [2.05, 4.69) is 18.7 Å². The highest BCUT2D eigenvalue weighted by Gasteiger charge is 2.26. The molecule has 2 aromatic heterocycles. The molecule has 0 bridgehead atoms. The monoisotopic (exact) mass is 487 g/mol. The summed E-state index contributed by atoms with van der Waals surface area (Å²) < 4.78 is 7.64. The Labute approximate surface area is 201 Å². The van der Waals surface area contributed by atoms with Crippen LogP contribution in [-0.2, 0) is 0 Å². The second kappa shape index (κ2) is 10.2. The summed E-state index contributed by atoms with van der Waals surface area (Å²) in [5.41, 5.74) is 0.858. The second-order valence-electron chi connectivity index (χ2n) is 7.28. The number of thiazole rings is 1. The molecule has 0 N–H and O–H groups in total. The Balaban J connectivity index is 1.73. The highest BCUT2D eigenvalue weighted by molar-refractivity contribution is 7.23. The number of anilines is 1. The molecule has 0 saturated carbocycles. The lowest BCUT2D eigenvalue weighted by atomic mass is 10.2. The minimum Gasteiger partial charge on any atom is -0.494 e. The van der Waals surface area contributed by atoms with Gasteiger partial charge in [0.15, 0.2) is 5.13 Å². The normalized spacial score (nSPS) is 11.5. The van der Waals surface area contributed by atoms with Gasteiger partial charge in [-0.2, -0.15) is 0 Å². The van der Waals surface area contributed by atoms with Crippen molar-refractivity contribution in [1.29, 1.82) is 0 Å². The molecule has 0 aliphatic heterocycles. The summed E-state index contributed by atoms with van der Waals surface area (Å²) in [5.74, 6) is 0.705. The van der Waals surface area contributed by atoms with Gasteiger partial charge in [-0.3, -0.25) is 9.69 Å². The third-order valence-electron chi connectivity index (χ3n) is 5.40. The average Bonchev–Trinajstić information content (AvgIpc) is 3.37. The van der Waals surface area contributed by atoms with Gasteiger partial charge in [0, 0.05) is 23.2 Å². The fraction of sp³-hybridized carbons (Fsp3) is 0.333. The Kier molecular flexibility index (Phi) is 7.30. The molecule has 0 saturated heterocycles. The van der Waals surface area contributed by atoms with Gasteiger partial charge in [0.25, 0.3) is 5.91 Å². The number of benzene rings is 2. The maximum absolute atomic E-state index is 13.7. The van der Waals surface area contributed by atoms with Crippen LogP contribution in [0.15, 0.2) is 42.5 Å². The van der Waals surface area contributed by atoms with Crippen molar-refractivity contribution in [3.8, 4) is 5.75 Å². The van der Waals surface area contributed by atoms with Gasteiger partial charge in [0.05, 0.1) is 21.8 Å². The molecule has 8 heteroatoms. The maximum Gasteiger partial charge on any atom is 0.271 e. The second-order valence-corrected chi connectivity index (χ2v) is 9.72. The lowest BCUT2D eigenvalue weighted by Crippen LogP contribution is -2.38. The summed E-state index contributed by atoms with van der Waals surface area (Å²) in [6.45, 7) is 10.0. The molecule has 4 rings (SSSR count). The Morgan fingerprint density at radius 3 is 2.53 bits per heavy atom. The van der Waals surface area contributed by atoms with Gasteiger partial charge < -0.3 is 9.64 Å². The van der Waals surface area contributed by atoms with Crippen molar-refractivity contribution in [2.24, 2.45) is 0 Å². The van der Waals surface area contributed by atoms with E-state index in [-0.39, 0.29) is 5.91 Å². The number of hydrogen-bond donors (Lipinski definition) is 0. The molecule has 0 spiro atoms. The molecule has 0 radical (unpaired) electrons. The zero-order valence-corrected chi connectivity index (χ0v) is 20.8. The number of carbonyl (C=O) groups excluding carboxylic acids is 1. The van der Waals surface area contributed by atoms with E-state index in [0.29, 0.717) is 28.2 Å². The van der Waals surface area contributed by atoms with Crippen molar-refractivity contribution in [3.05, 3.63) is 52.4 Å². The molecule has 0 fully saturated rings. The first-order valence-electron chi connectivity index (χ1n) is 10.8. The molecule has 0 atom stereocenters. The van der Waals surface area contributed by atoms with Crippen LogP contribution < -0.4 is 9.64 Å². The first kappa shape index (κ1) is 23.0. The van der Waals surface area contributed by atoms with Crippen molar-refractivity contribution in [1.82, 2.24) is 9.88 Å². The summed E-state index contributed by atoms with van der Waals surface area (Å²) in [4.78, 5) is 23.2. The van der Waals surface area contributed by atoms with Crippen LogP contribution in [0.4, 0.5) is 5.13 Å². The number of likely N-dealkylation sites (N-methyl/N-ethyl adjacent to an activating group) is 1. The molecule has 1 amide bonds. The van der Waals surface area contributed by atoms with Crippen molar-refractivity contribution in [2.75, 3.05) is 37.7 Å². The quantitative estimate of drug-likeness (QED) is 0.268. The van der Waals surface area contributed by atoms with E-state index in [1.807, 2.05) is 49.4 Å². The van der Waals surface area contributed by atoms with Crippen LogP contribution in [0.3, 0.4) is 0 Å². The first-order valence-corrected chi connectivity index (χ1v) is 12.8. The minimum atomic E-state index is -0.104. The zero-order valence-electron chi connectivity index (χ0n) is 18.4. The molecule has 2 aromatic carbocycles. The summed E-state index contributed by atoms with van der Waals surface area (Å²) in [7, 11) is 0. The van der Waals surface area contributed by atoms with Gasteiger partial charge in [-0.05, 0) is 44.3 Å². The minimum absolute atomic E-state index is 0.104. The largest absolute Gasteiger partial charge is 0.494 e. The lowest BCUT2D eigenvalue weighted by molar-refractivity contribution is 0.0988. The lowest BCUT2D eigenvalue weighted by Gasteiger charge is -2.24. The van der Waals surface area contributed by atoms with Crippen LogP contribution >= 0.6 is 34.3 Å². The fourth-order valence-electron chi connectivity index (χ4n) is 3.60. The number of carbonyl (C=O) groups is 1. The van der Waals surface area contributed by atoms with Crippen molar-refractivity contribution < 1.29 is 9.53 Å². The smallest absolute Gasteiger partial charge is 0.271 e. The Morgan fingerprint density at radius 2 is 1.81 bits per heavy atom. The highest BCUT2D eigenvalue weighted by atomic mass is 35.5. The number of fused-ring (bicyclic) bond motifs is 2. The van der Waals surface area contributed by atoms with Crippen molar-refractivity contribution >= 4 is 65.6 Å². The van der Waals surface area contributed by atoms with E-state index in [1.54, 1.807) is 4.90 Å². The van der Waals surface area contributed by atoms with Crippen molar-refractivity contribution in [2.45, 2.75) is 20.8 Å². The average molecular weight is 488 g/mol. The number of amides is 1. The van der Waals surface area contributed by atoms with Gasteiger partial charge in [0.1, 0.15) is 10.6 Å². The first-order chi connectivity index (χ1) is 15.5. The maximum atomic E-state index is 13.7. The summed E-state index contributed by atoms with van der Waals surface area (Å²) in [5, 5.41) is 2.11. The van der Waals surface area contributed by atoms with Crippen LogP contribution in [-0.4, -0.2) is 48.6 Å². The molecule has 0 unspecified atom stereocenters. The Hall–Kier alpha value is -2.19. The van der Waals surface area contributed by atoms with E-state index >= 15 is 0 Å². The topological polar surface area (TPSA) is 45.7 Å². The molecular formula is C24H26ClN3O2S2. The number of hydrogen-bond acceptors (Lipinski definition) is 6. The number of aromatic nitrogens is 1. The van der Waals surface area contributed by atoms with Crippen LogP contribution in [0.5, 0.6) is 5.75 Å². The Bertz CT molecular complexity index is 1230. The molecule has 5 nitrogen and oxygen atoms in total. The molecule has 2 heterocycles. The number of halogens is 1. The predicted octanol–water partition coefficient (Wildman–Crippen LogP) is 6.55. The molecule has 0 aliphatic rings. The number of rotatable bonds is 9. The van der Waals surface area contributed by atoms with Crippen LogP contribution in [0.2, 0.25) is 5.02 Å². The Morgan fingerprint density at radius 1 is 1.03 bits per heavy atom. The number of ether oxygens (including phenoxy) is 1. The summed E-state index contributed by atoms with van der Waals surface area (Å²) >= 11 is 9.60. The highest BCUT2D eigenvalue weighted by Crippen LogP contribution is 2.38. The van der Waals surface area contributed by atoms with Crippen LogP contribution in [0, 0.1) is 0 Å². The fourth-order valence-corrected chi connectivity index (χ4v) is 6.08. The predicted molar refractivity (Wildman–Crippen MR) is 137 cm³/mol. The molecule has 4 aromatic rings. The number of nitrogens with zero attached hydrogens (tertiary/aromatic N) is 3. The SMILES string of the molecule is CCOc1ccc2nc(N(CCN(CC)CC)C(=O)c3sc4ccccc4c3Cl)sc2c1. The van der Waals surface area contributed by atoms with Crippen LogP contribution in [0.1, 0.15) is 30.4 Å². The van der Waals surface area contributed by atoms with E-state index in [4.69, 9.17) is 21.3 Å².